The fourth-order valence-corrected chi connectivity index (χ4v) is 2.78. The van der Waals surface area contributed by atoms with Crippen molar-refractivity contribution in [2.75, 3.05) is 11.4 Å². The molecule has 0 amide bonds. The molecule has 1 saturated heterocycles. The highest BCUT2D eigenvalue weighted by molar-refractivity contribution is 5.47. The first-order chi connectivity index (χ1) is 8.63. The number of rotatable bonds is 4. The summed E-state index contributed by atoms with van der Waals surface area (Å²) in [6.07, 6.45) is 4.73. The fraction of sp³-hybridized carbons (Fsp3) is 0.667. The van der Waals surface area contributed by atoms with Crippen LogP contribution in [0.25, 0.3) is 0 Å². The summed E-state index contributed by atoms with van der Waals surface area (Å²) in [6.45, 7) is 7.66. The van der Waals surface area contributed by atoms with Gasteiger partial charge in [-0.1, -0.05) is 20.8 Å². The lowest BCUT2D eigenvalue weighted by molar-refractivity contribution is 0.169. The third-order valence-corrected chi connectivity index (χ3v) is 3.90. The molecular weight excluding hydrogens is 224 g/mol. The van der Waals surface area contributed by atoms with Gasteiger partial charge in [0.05, 0.1) is 23.7 Å². The van der Waals surface area contributed by atoms with Crippen LogP contribution in [0.2, 0.25) is 0 Å². The second-order valence-electron chi connectivity index (χ2n) is 5.51. The summed E-state index contributed by atoms with van der Waals surface area (Å²) in [5.41, 5.74) is 1.97. The molecule has 2 unspecified atom stereocenters. The standard InChI is InChI=1S/C15H24N2O/c1-4-15(18)13-8-7-12(10-16-13)17-9-5-6-14(17)11(2)3/h7-8,10-11,14-15,18H,4-6,9H2,1-3H3. The van der Waals surface area contributed by atoms with Gasteiger partial charge in [0.15, 0.2) is 0 Å². The van der Waals surface area contributed by atoms with Crippen molar-refractivity contribution in [1.29, 1.82) is 0 Å². The summed E-state index contributed by atoms with van der Waals surface area (Å²) in [5, 5.41) is 9.75. The molecule has 100 valence electrons. The lowest BCUT2D eigenvalue weighted by atomic mass is 10.0. The average Bonchev–Trinajstić information content (AvgIpc) is 2.87. The van der Waals surface area contributed by atoms with Gasteiger partial charge in [-0.15, -0.1) is 0 Å². The van der Waals surface area contributed by atoms with E-state index in [1.807, 2.05) is 19.2 Å². The van der Waals surface area contributed by atoms with E-state index in [1.165, 1.54) is 18.5 Å². The molecule has 3 heteroatoms. The van der Waals surface area contributed by atoms with E-state index in [4.69, 9.17) is 0 Å². The smallest absolute Gasteiger partial charge is 0.0957 e. The lowest BCUT2D eigenvalue weighted by Gasteiger charge is -2.29. The van der Waals surface area contributed by atoms with Gasteiger partial charge in [-0.05, 0) is 37.3 Å². The first-order valence-electron chi connectivity index (χ1n) is 7.04. The quantitative estimate of drug-likeness (QED) is 0.889. The minimum absolute atomic E-state index is 0.432. The van der Waals surface area contributed by atoms with Crippen LogP contribution in [0.1, 0.15) is 51.8 Å². The number of pyridine rings is 1. The largest absolute Gasteiger partial charge is 0.387 e. The van der Waals surface area contributed by atoms with Crippen molar-refractivity contribution in [2.45, 2.75) is 52.2 Å². The maximum absolute atomic E-state index is 9.75. The molecule has 2 heterocycles. The van der Waals surface area contributed by atoms with E-state index in [1.54, 1.807) is 0 Å². The van der Waals surface area contributed by atoms with Gasteiger partial charge in [-0.2, -0.15) is 0 Å². The minimum Gasteiger partial charge on any atom is -0.387 e. The van der Waals surface area contributed by atoms with Crippen LogP contribution in [-0.2, 0) is 0 Å². The Morgan fingerprint density at radius 2 is 2.22 bits per heavy atom. The SMILES string of the molecule is CCC(O)c1ccc(N2CCCC2C(C)C)cn1. The van der Waals surface area contributed by atoms with Crippen molar-refractivity contribution in [1.82, 2.24) is 4.98 Å². The maximum Gasteiger partial charge on any atom is 0.0957 e. The van der Waals surface area contributed by atoms with Crippen LogP contribution in [0.5, 0.6) is 0 Å². The Hall–Kier alpha value is -1.09. The number of hydrogen-bond donors (Lipinski definition) is 1. The lowest BCUT2D eigenvalue weighted by Crippen LogP contribution is -2.33. The third kappa shape index (κ3) is 2.66. The number of aliphatic hydroxyl groups is 1. The van der Waals surface area contributed by atoms with E-state index < -0.39 is 6.10 Å². The van der Waals surface area contributed by atoms with Crippen LogP contribution in [-0.4, -0.2) is 22.7 Å². The zero-order valence-electron chi connectivity index (χ0n) is 11.6. The molecule has 2 rings (SSSR count). The molecule has 1 aliphatic heterocycles. The molecule has 0 aliphatic carbocycles. The van der Waals surface area contributed by atoms with Crippen molar-refractivity contribution in [3.8, 4) is 0 Å². The van der Waals surface area contributed by atoms with Crippen LogP contribution in [0.4, 0.5) is 5.69 Å². The van der Waals surface area contributed by atoms with E-state index in [2.05, 4.69) is 29.8 Å². The highest BCUT2D eigenvalue weighted by Gasteiger charge is 2.27. The van der Waals surface area contributed by atoms with Crippen LogP contribution < -0.4 is 4.90 Å². The Morgan fingerprint density at radius 3 is 2.78 bits per heavy atom. The van der Waals surface area contributed by atoms with Crippen LogP contribution >= 0.6 is 0 Å². The van der Waals surface area contributed by atoms with E-state index in [9.17, 15) is 5.11 Å². The molecule has 1 fully saturated rings. The predicted molar refractivity (Wildman–Crippen MR) is 74.7 cm³/mol. The molecule has 1 aromatic rings. The molecule has 0 radical (unpaired) electrons. The summed E-state index contributed by atoms with van der Waals surface area (Å²) >= 11 is 0. The van der Waals surface area contributed by atoms with Gasteiger partial charge >= 0.3 is 0 Å². The number of nitrogens with zero attached hydrogens (tertiary/aromatic N) is 2. The Balaban J connectivity index is 2.14. The monoisotopic (exact) mass is 248 g/mol. The molecule has 0 saturated carbocycles. The zero-order chi connectivity index (χ0) is 13.1. The molecule has 18 heavy (non-hydrogen) atoms. The summed E-state index contributed by atoms with van der Waals surface area (Å²) in [5.74, 6) is 0.674. The predicted octanol–water partition coefficient (Wildman–Crippen LogP) is 3.15. The summed E-state index contributed by atoms with van der Waals surface area (Å²) in [6, 6.07) is 4.69. The zero-order valence-corrected chi connectivity index (χ0v) is 11.6. The average molecular weight is 248 g/mol. The van der Waals surface area contributed by atoms with Gasteiger partial charge in [0, 0.05) is 12.6 Å². The number of aliphatic hydroxyl groups excluding tert-OH is 1. The molecule has 1 aromatic heterocycles. The highest BCUT2D eigenvalue weighted by Crippen LogP contribution is 2.29. The molecule has 3 nitrogen and oxygen atoms in total. The van der Waals surface area contributed by atoms with Crippen molar-refractivity contribution in [2.24, 2.45) is 5.92 Å². The third-order valence-electron chi connectivity index (χ3n) is 3.90. The number of anilines is 1. The number of aromatic nitrogens is 1. The van der Waals surface area contributed by atoms with Crippen LogP contribution in [0, 0.1) is 5.92 Å². The molecule has 0 spiro atoms. The van der Waals surface area contributed by atoms with Crippen molar-refractivity contribution in [3.05, 3.63) is 24.0 Å². The highest BCUT2D eigenvalue weighted by atomic mass is 16.3. The van der Waals surface area contributed by atoms with Crippen LogP contribution in [0.3, 0.4) is 0 Å². The van der Waals surface area contributed by atoms with Gasteiger partial charge < -0.3 is 10.0 Å². The topological polar surface area (TPSA) is 36.4 Å². The Labute approximate surface area is 110 Å². The fourth-order valence-electron chi connectivity index (χ4n) is 2.78. The summed E-state index contributed by atoms with van der Waals surface area (Å²) < 4.78 is 0. The first kappa shape index (κ1) is 13.3. The van der Waals surface area contributed by atoms with E-state index in [0.29, 0.717) is 18.4 Å². The van der Waals surface area contributed by atoms with Crippen molar-refractivity contribution < 1.29 is 5.11 Å². The molecule has 1 N–H and O–H groups in total. The second kappa shape index (κ2) is 5.70. The van der Waals surface area contributed by atoms with Gasteiger partial charge in [0.25, 0.3) is 0 Å². The number of hydrogen-bond acceptors (Lipinski definition) is 3. The van der Waals surface area contributed by atoms with E-state index in [0.717, 1.165) is 12.2 Å². The molecule has 0 aromatic carbocycles. The van der Waals surface area contributed by atoms with E-state index in [-0.39, 0.29) is 0 Å². The van der Waals surface area contributed by atoms with Gasteiger partial charge in [0.2, 0.25) is 0 Å². The minimum atomic E-state index is -0.432. The Kier molecular flexibility index (Phi) is 4.23. The van der Waals surface area contributed by atoms with Crippen LogP contribution in [0.15, 0.2) is 18.3 Å². The molecule has 0 bridgehead atoms. The maximum atomic E-state index is 9.75. The molecule has 2 atom stereocenters. The van der Waals surface area contributed by atoms with Gasteiger partial charge in [-0.3, -0.25) is 4.98 Å². The second-order valence-corrected chi connectivity index (χ2v) is 5.51. The summed E-state index contributed by atoms with van der Waals surface area (Å²) in [7, 11) is 0. The van der Waals surface area contributed by atoms with E-state index >= 15 is 0 Å². The summed E-state index contributed by atoms with van der Waals surface area (Å²) in [4.78, 5) is 6.85. The first-order valence-corrected chi connectivity index (χ1v) is 7.04. The Morgan fingerprint density at radius 1 is 1.44 bits per heavy atom. The van der Waals surface area contributed by atoms with Crippen molar-refractivity contribution in [3.63, 3.8) is 0 Å². The molecular formula is C15H24N2O. The Bertz CT molecular complexity index is 375. The van der Waals surface area contributed by atoms with Crippen molar-refractivity contribution >= 4 is 5.69 Å². The van der Waals surface area contributed by atoms with Gasteiger partial charge in [0.1, 0.15) is 0 Å². The normalized spacial score (nSPS) is 21.6. The van der Waals surface area contributed by atoms with Gasteiger partial charge in [-0.25, -0.2) is 0 Å². The molecule has 1 aliphatic rings.